The summed E-state index contributed by atoms with van der Waals surface area (Å²) in [6.07, 6.45) is 12.0. The van der Waals surface area contributed by atoms with Crippen molar-refractivity contribution in [3.05, 3.63) is 65.6 Å². The number of ketones is 1. The van der Waals surface area contributed by atoms with Crippen LogP contribution in [0.3, 0.4) is 0 Å². The number of benzene rings is 1. The van der Waals surface area contributed by atoms with Gasteiger partial charge in [0.1, 0.15) is 0 Å². The Hall–Kier alpha value is -2.88. The van der Waals surface area contributed by atoms with Crippen LogP contribution in [0.4, 0.5) is 5.69 Å². The van der Waals surface area contributed by atoms with Crippen LogP contribution in [0.15, 0.2) is 48.9 Å². The average Bonchev–Trinajstić information content (AvgIpc) is 3.40. The molecule has 5 rings (SSSR count). The summed E-state index contributed by atoms with van der Waals surface area (Å²) in [7, 11) is 0. The fraction of sp³-hybridized carbons (Fsp3) is 0.385. The molecule has 1 aliphatic heterocycles. The first-order chi connectivity index (χ1) is 14.4. The van der Waals surface area contributed by atoms with Gasteiger partial charge >= 0.3 is 0 Å². The zero-order chi connectivity index (χ0) is 21.1. The van der Waals surface area contributed by atoms with E-state index in [4.69, 9.17) is 0 Å². The Morgan fingerprint density at radius 1 is 1.20 bits per heavy atom. The van der Waals surface area contributed by atoms with Crippen LogP contribution < -0.4 is 5.32 Å². The van der Waals surface area contributed by atoms with Gasteiger partial charge in [-0.05, 0) is 88.3 Å². The molecule has 3 heterocycles. The van der Waals surface area contributed by atoms with Crippen molar-refractivity contribution in [1.82, 2.24) is 9.38 Å². The Balaban J connectivity index is 1.83. The molecular weight excluding hydrogens is 370 g/mol. The molecule has 0 fully saturated rings. The van der Waals surface area contributed by atoms with Crippen molar-refractivity contribution >= 4 is 17.0 Å². The molecule has 2 aliphatic rings. The van der Waals surface area contributed by atoms with Gasteiger partial charge in [-0.1, -0.05) is 18.2 Å². The number of hydrogen-bond donors (Lipinski definition) is 1. The Morgan fingerprint density at radius 3 is 2.80 bits per heavy atom. The number of Topliss-reactive ketones (excluding diaryl/α,β-unsaturated/α-hetero) is 1. The second kappa shape index (κ2) is 6.56. The number of allylic oxidation sites excluding steroid dienone is 2. The Morgan fingerprint density at radius 2 is 2.00 bits per heavy atom. The number of anilines is 1. The number of rotatable bonds is 3. The summed E-state index contributed by atoms with van der Waals surface area (Å²) in [6.45, 7) is 8.19. The molecule has 4 heteroatoms. The molecule has 3 aromatic rings. The van der Waals surface area contributed by atoms with E-state index in [0.717, 1.165) is 36.0 Å². The van der Waals surface area contributed by atoms with E-state index in [9.17, 15) is 4.79 Å². The lowest BCUT2D eigenvalue weighted by Crippen LogP contribution is -2.55. The quantitative estimate of drug-likeness (QED) is 0.593. The van der Waals surface area contributed by atoms with Gasteiger partial charge in [0.2, 0.25) is 0 Å². The third-order valence-corrected chi connectivity index (χ3v) is 6.99. The van der Waals surface area contributed by atoms with Crippen LogP contribution in [-0.2, 0) is 23.1 Å². The molecule has 1 unspecified atom stereocenters. The summed E-state index contributed by atoms with van der Waals surface area (Å²) >= 11 is 0. The normalized spacial score (nSPS) is 22.3. The van der Waals surface area contributed by atoms with E-state index in [2.05, 4.69) is 52.0 Å². The van der Waals surface area contributed by atoms with E-state index < -0.39 is 11.0 Å². The van der Waals surface area contributed by atoms with Crippen LogP contribution in [0.5, 0.6) is 0 Å². The number of nitrogens with zero attached hydrogens (tertiary/aromatic N) is 2. The molecule has 0 amide bonds. The Labute approximate surface area is 178 Å². The number of hydrogen-bond acceptors (Lipinski definition) is 3. The molecule has 154 valence electrons. The number of imidazole rings is 1. The third-order valence-electron chi connectivity index (χ3n) is 6.99. The highest BCUT2D eigenvalue weighted by molar-refractivity contribution is 6.04. The molecule has 4 nitrogen and oxygen atoms in total. The van der Waals surface area contributed by atoms with E-state index in [1.807, 2.05) is 39.4 Å². The second-order valence-electron chi connectivity index (χ2n) is 9.44. The van der Waals surface area contributed by atoms with E-state index in [-0.39, 0.29) is 5.78 Å². The van der Waals surface area contributed by atoms with Crippen LogP contribution in [0.1, 0.15) is 57.2 Å². The molecule has 30 heavy (non-hydrogen) atoms. The number of carbonyl (C=O) groups is 1. The van der Waals surface area contributed by atoms with E-state index in [1.54, 1.807) is 0 Å². The van der Waals surface area contributed by atoms with Crippen molar-refractivity contribution in [2.75, 3.05) is 5.32 Å². The van der Waals surface area contributed by atoms with Crippen molar-refractivity contribution in [2.24, 2.45) is 0 Å². The first kappa shape index (κ1) is 19.1. The van der Waals surface area contributed by atoms with Gasteiger partial charge in [0.25, 0.3) is 0 Å². The predicted molar refractivity (Wildman–Crippen MR) is 122 cm³/mol. The molecule has 1 N–H and O–H groups in total. The second-order valence-corrected chi connectivity index (χ2v) is 9.44. The summed E-state index contributed by atoms with van der Waals surface area (Å²) in [5, 5.41) is 3.64. The highest BCUT2D eigenvalue weighted by atomic mass is 16.1. The first-order valence-electron chi connectivity index (χ1n) is 10.9. The van der Waals surface area contributed by atoms with Crippen molar-refractivity contribution < 1.29 is 4.79 Å². The average molecular weight is 400 g/mol. The van der Waals surface area contributed by atoms with Crippen LogP contribution in [-0.4, -0.2) is 20.7 Å². The topological polar surface area (TPSA) is 46.4 Å². The predicted octanol–water partition coefficient (Wildman–Crippen LogP) is 5.49. The van der Waals surface area contributed by atoms with Crippen molar-refractivity contribution in [3.8, 4) is 11.3 Å². The minimum Gasteiger partial charge on any atom is -0.373 e. The van der Waals surface area contributed by atoms with Crippen molar-refractivity contribution in [2.45, 2.75) is 64.3 Å². The molecule has 1 aliphatic carbocycles. The van der Waals surface area contributed by atoms with E-state index in [1.165, 1.54) is 22.4 Å². The maximum Gasteiger partial charge on any atom is 0.168 e. The fourth-order valence-corrected chi connectivity index (χ4v) is 5.49. The lowest BCUT2D eigenvalue weighted by atomic mass is 9.65. The minimum absolute atomic E-state index is 0.255. The molecule has 0 radical (unpaired) electrons. The zero-order valence-corrected chi connectivity index (χ0v) is 18.2. The van der Waals surface area contributed by atoms with Crippen LogP contribution in [0.25, 0.3) is 16.8 Å². The molecule has 0 bridgehead atoms. The largest absolute Gasteiger partial charge is 0.373 e. The summed E-state index contributed by atoms with van der Waals surface area (Å²) in [4.78, 5) is 18.0. The molecule has 0 spiro atoms. The lowest BCUT2D eigenvalue weighted by molar-refractivity contribution is -0.128. The molecule has 1 atom stereocenters. The molecule has 2 aromatic heterocycles. The lowest BCUT2D eigenvalue weighted by Gasteiger charge is -2.44. The molecule has 0 saturated heterocycles. The summed E-state index contributed by atoms with van der Waals surface area (Å²) in [6, 6.07) is 8.63. The van der Waals surface area contributed by atoms with Gasteiger partial charge in [-0.25, -0.2) is 4.98 Å². The minimum atomic E-state index is -0.578. The van der Waals surface area contributed by atoms with Gasteiger partial charge < -0.3 is 5.32 Å². The SMILES string of the molecule is C/C=C/CC1(C)C(=O)C(C)(C)Nc2c1cc(-c1cccc3cncn13)c1c2CCC1. The smallest absolute Gasteiger partial charge is 0.168 e. The van der Waals surface area contributed by atoms with Crippen LogP contribution in [0, 0.1) is 0 Å². The number of nitrogens with one attached hydrogen (secondary N) is 1. The fourth-order valence-electron chi connectivity index (χ4n) is 5.49. The Bertz CT molecular complexity index is 1200. The standard InChI is InChI=1S/C26H29N3O/c1-5-6-13-26(4)21-14-20(22-12-7-9-17-15-27-16-29(17)22)18-10-8-11-19(18)23(21)28-25(2,3)24(26)30/h5-7,9,12,14-16,28H,8,10-11,13H2,1-4H3/b6-5+. The summed E-state index contributed by atoms with van der Waals surface area (Å²) < 4.78 is 2.16. The van der Waals surface area contributed by atoms with Crippen LogP contribution in [0.2, 0.25) is 0 Å². The number of pyridine rings is 1. The van der Waals surface area contributed by atoms with Gasteiger partial charge in [0.15, 0.2) is 5.78 Å². The van der Waals surface area contributed by atoms with Gasteiger partial charge in [-0.15, -0.1) is 0 Å². The van der Waals surface area contributed by atoms with Crippen molar-refractivity contribution in [1.29, 1.82) is 0 Å². The number of carbonyl (C=O) groups excluding carboxylic acids is 1. The van der Waals surface area contributed by atoms with E-state index >= 15 is 0 Å². The maximum absolute atomic E-state index is 13.6. The van der Waals surface area contributed by atoms with Gasteiger partial charge in [0, 0.05) is 11.3 Å². The Kier molecular flexibility index (Phi) is 4.18. The van der Waals surface area contributed by atoms with Gasteiger partial charge in [0.05, 0.1) is 34.7 Å². The summed E-state index contributed by atoms with van der Waals surface area (Å²) in [5.74, 6) is 0.255. The van der Waals surface area contributed by atoms with Gasteiger partial charge in [-0.3, -0.25) is 9.20 Å². The number of fused-ring (bicyclic) bond motifs is 4. The monoisotopic (exact) mass is 399 g/mol. The summed E-state index contributed by atoms with van der Waals surface area (Å²) in [5.41, 5.74) is 7.50. The molecule has 1 aromatic carbocycles. The highest BCUT2D eigenvalue weighted by Crippen LogP contribution is 2.49. The highest BCUT2D eigenvalue weighted by Gasteiger charge is 2.49. The van der Waals surface area contributed by atoms with E-state index in [0.29, 0.717) is 6.42 Å². The number of aromatic nitrogens is 2. The van der Waals surface area contributed by atoms with Gasteiger partial charge in [-0.2, -0.15) is 0 Å². The third kappa shape index (κ3) is 2.59. The maximum atomic E-state index is 13.6. The van der Waals surface area contributed by atoms with Crippen LogP contribution >= 0.6 is 0 Å². The first-order valence-corrected chi connectivity index (χ1v) is 10.9. The molecule has 0 saturated carbocycles. The van der Waals surface area contributed by atoms with Crippen molar-refractivity contribution in [3.63, 3.8) is 0 Å². The zero-order valence-electron chi connectivity index (χ0n) is 18.2. The molecular formula is C26H29N3O.